The van der Waals surface area contributed by atoms with Crippen molar-refractivity contribution in [1.82, 2.24) is 5.32 Å². The maximum atomic E-state index is 10.3. The van der Waals surface area contributed by atoms with Crippen LogP contribution < -0.4 is 5.32 Å². The number of nitrogens with one attached hydrogen (secondary N) is 1. The number of carboxylic acid groups (broad SMARTS) is 5. The number of rotatable bonds is 7. The highest BCUT2D eigenvalue weighted by Crippen LogP contribution is 1.87. The molecule has 1 atom stereocenters. The van der Waals surface area contributed by atoms with Gasteiger partial charge in [0.05, 0.1) is 0 Å². The Hall–Kier alpha value is -3.35. The molecule has 0 saturated carbocycles. The second-order valence-corrected chi connectivity index (χ2v) is 4.16. The summed E-state index contributed by atoms with van der Waals surface area (Å²) in [6.45, 7) is 1.26. The molecule has 0 fully saturated rings. The van der Waals surface area contributed by atoms with E-state index >= 15 is 0 Å². The van der Waals surface area contributed by atoms with Gasteiger partial charge in [0.25, 0.3) is 0 Å². The molecule has 13 heteroatoms. The molecular formula is C13H17NO11S. The quantitative estimate of drug-likeness (QED) is 0.203. The van der Waals surface area contributed by atoms with Crippen LogP contribution in [0.1, 0.15) is 6.92 Å². The zero-order valence-corrected chi connectivity index (χ0v) is 14.1. The smallest absolute Gasteiger partial charge is 0.328 e. The van der Waals surface area contributed by atoms with Crippen molar-refractivity contribution in [3.8, 4) is 0 Å². The molecule has 0 aliphatic heterocycles. The van der Waals surface area contributed by atoms with E-state index in [0.717, 1.165) is 0 Å². The third-order valence-corrected chi connectivity index (χ3v) is 1.96. The Morgan fingerprint density at radius 1 is 0.769 bits per heavy atom. The van der Waals surface area contributed by atoms with Crippen molar-refractivity contribution in [1.29, 1.82) is 0 Å². The molecule has 0 bridgehead atoms. The number of carbonyl (C=O) groups is 6. The summed E-state index contributed by atoms with van der Waals surface area (Å²) in [5.74, 6) is -6.35. The van der Waals surface area contributed by atoms with Crippen molar-refractivity contribution in [2.75, 3.05) is 5.75 Å². The minimum Gasteiger partial charge on any atom is -0.480 e. The third kappa shape index (κ3) is 28.8. The molecule has 0 spiro atoms. The Balaban J connectivity index is -0.000000308. The molecule has 6 N–H and O–H groups in total. The topological polar surface area (TPSA) is 216 Å². The van der Waals surface area contributed by atoms with Crippen molar-refractivity contribution >= 4 is 48.4 Å². The zero-order valence-electron chi connectivity index (χ0n) is 13.2. The van der Waals surface area contributed by atoms with Gasteiger partial charge in [0, 0.05) is 37.0 Å². The molecule has 0 aliphatic rings. The van der Waals surface area contributed by atoms with E-state index in [2.05, 4.69) is 17.9 Å². The fourth-order valence-corrected chi connectivity index (χ4v) is 0.963. The number of hydrogen-bond donors (Lipinski definition) is 7. The van der Waals surface area contributed by atoms with Crippen molar-refractivity contribution < 1.29 is 54.3 Å². The Bertz CT molecular complexity index is 517. The maximum Gasteiger partial charge on any atom is 0.328 e. The molecular weight excluding hydrogens is 378 g/mol. The summed E-state index contributed by atoms with van der Waals surface area (Å²) in [5.41, 5.74) is 0. The first-order chi connectivity index (χ1) is 11.8. The lowest BCUT2D eigenvalue weighted by Crippen LogP contribution is -2.40. The van der Waals surface area contributed by atoms with Gasteiger partial charge in [-0.25, -0.2) is 24.0 Å². The van der Waals surface area contributed by atoms with Gasteiger partial charge in [-0.2, -0.15) is 12.6 Å². The summed E-state index contributed by atoms with van der Waals surface area (Å²) < 4.78 is 0. The van der Waals surface area contributed by atoms with E-state index in [1.54, 1.807) is 0 Å². The summed E-state index contributed by atoms with van der Waals surface area (Å²) in [6.07, 6.45) is 2.23. The molecule has 26 heavy (non-hydrogen) atoms. The van der Waals surface area contributed by atoms with Gasteiger partial charge in [-0.15, -0.1) is 0 Å². The largest absolute Gasteiger partial charge is 0.480 e. The van der Waals surface area contributed by atoms with Crippen LogP contribution in [-0.4, -0.2) is 73.1 Å². The number of aliphatic carboxylic acids is 5. The van der Waals surface area contributed by atoms with Crippen LogP contribution >= 0.6 is 12.6 Å². The summed E-state index contributed by atoms with van der Waals surface area (Å²) >= 11 is 3.73. The average Bonchev–Trinajstić information content (AvgIpc) is 2.49. The van der Waals surface area contributed by atoms with Crippen LogP contribution in [0.4, 0.5) is 0 Å². The minimum atomic E-state index is -1.26. The Morgan fingerprint density at radius 2 is 1.04 bits per heavy atom. The van der Waals surface area contributed by atoms with Gasteiger partial charge in [0.15, 0.2) is 0 Å². The molecule has 0 aliphatic carbocycles. The van der Waals surface area contributed by atoms with E-state index in [1.165, 1.54) is 6.92 Å². The highest BCUT2D eigenvalue weighted by Gasteiger charge is 2.15. The van der Waals surface area contributed by atoms with Crippen molar-refractivity contribution in [2.45, 2.75) is 13.0 Å². The molecule has 1 amide bonds. The number of carbonyl (C=O) groups excluding carboxylic acids is 1. The molecule has 0 saturated heterocycles. The Labute approximate surface area is 151 Å². The zero-order chi connectivity index (χ0) is 21.3. The van der Waals surface area contributed by atoms with Crippen molar-refractivity contribution in [2.24, 2.45) is 0 Å². The first-order valence-electron chi connectivity index (χ1n) is 6.22. The number of thiol groups is 1. The van der Waals surface area contributed by atoms with Crippen LogP contribution in [-0.2, 0) is 28.8 Å². The molecule has 0 heterocycles. The lowest BCUT2D eigenvalue weighted by molar-refractivity contribution is -0.140. The first-order valence-corrected chi connectivity index (χ1v) is 6.85. The Morgan fingerprint density at radius 3 is 1.12 bits per heavy atom. The van der Waals surface area contributed by atoms with Crippen LogP contribution in [0.2, 0.25) is 0 Å². The fraction of sp³-hybridized carbons (Fsp3) is 0.231. The normalized spacial score (nSPS) is 10.5. The summed E-state index contributed by atoms with van der Waals surface area (Å²) in [4.78, 5) is 58.7. The molecule has 0 radical (unpaired) electrons. The van der Waals surface area contributed by atoms with Gasteiger partial charge in [0.2, 0.25) is 5.91 Å². The van der Waals surface area contributed by atoms with E-state index in [-0.39, 0.29) is 11.7 Å². The predicted molar refractivity (Wildman–Crippen MR) is 87.9 cm³/mol. The van der Waals surface area contributed by atoms with E-state index in [9.17, 15) is 28.8 Å². The minimum absolute atomic E-state index is 0.106. The second-order valence-electron chi connectivity index (χ2n) is 3.79. The molecule has 0 aromatic rings. The summed E-state index contributed by atoms with van der Waals surface area (Å²) in [6, 6.07) is -0.874. The molecule has 12 nitrogen and oxygen atoms in total. The Kier molecular flexibility index (Phi) is 17.5. The number of amides is 1. The average molecular weight is 395 g/mol. The van der Waals surface area contributed by atoms with Gasteiger partial charge in [-0.3, -0.25) is 4.79 Å². The molecule has 0 aromatic carbocycles. The molecule has 0 rings (SSSR count). The van der Waals surface area contributed by atoms with E-state index in [0.29, 0.717) is 24.3 Å². The third-order valence-electron chi connectivity index (χ3n) is 1.60. The van der Waals surface area contributed by atoms with E-state index in [1.807, 2.05) is 0 Å². The lowest BCUT2D eigenvalue weighted by atomic mass is 10.3. The SMILES string of the molecule is CC(=O)NC(CS)C(=O)O.O=C(O)/C=C/C(=O)O.O=C(O)/C=C/C(=O)O. The molecule has 0 aromatic heterocycles. The van der Waals surface area contributed by atoms with Gasteiger partial charge in [-0.1, -0.05) is 0 Å². The summed E-state index contributed by atoms with van der Waals surface area (Å²) in [5, 5.41) is 41.8. The fourth-order valence-electron chi connectivity index (χ4n) is 0.716. The predicted octanol–water partition coefficient (Wildman–Crippen LogP) is -1.07. The van der Waals surface area contributed by atoms with Crippen molar-refractivity contribution in [3.05, 3.63) is 24.3 Å². The standard InChI is InChI=1S/C5H9NO3S.2C4H4O4/c1-3(7)6-4(2-10)5(8)9;2*5-3(6)1-2-4(7)8/h4,10H,2H2,1H3,(H,6,7)(H,8,9);2*1-2H,(H,5,6)(H,7,8)/b;2*2-1+. The van der Waals surface area contributed by atoms with Crippen LogP contribution in [0.25, 0.3) is 0 Å². The van der Waals surface area contributed by atoms with Crippen LogP contribution in [0.15, 0.2) is 24.3 Å². The van der Waals surface area contributed by atoms with Crippen LogP contribution in [0, 0.1) is 0 Å². The second kappa shape index (κ2) is 16.5. The summed E-state index contributed by atoms with van der Waals surface area (Å²) in [7, 11) is 0. The monoisotopic (exact) mass is 395 g/mol. The highest BCUT2D eigenvalue weighted by atomic mass is 32.1. The molecule has 146 valence electrons. The van der Waals surface area contributed by atoms with Gasteiger partial charge < -0.3 is 30.8 Å². The van der Waals surface area contributed by atoms with Crippen molar-refractivity contribution in [3.63, 3.8) is 0 Å². The molecule has 1 unspecified atom stereocenters. The van der Waals surface area contributed by atoms with Gasteiger partial charge in [0.1, 0.15) is 6.04 Å². The first kappa shape index (κ1) is 27.5. The van der Waals surface area contributed by atoms with Crippen LogP contribution in [0.3, 0.4) is 0 Å². The highest BCUT2D eigenvalue weighted by molar-refractivity contribution is 7.80. The van der Waals surface area contributed by atoms with Crippen LogP contribution in [0.5, 0.6) is 0 Å². The maximum absolute atomic E-state index is 10.3. The van der Waals surface area contributed by atoms with Gasteiger partial charge in [-0.05, 0) is 0 Å². The van der Waals surface area contributed by atoms with E-state index in [4.69, 9.17) is 25.5 Å². The van der Waals surface area contributed by atoms with Gasteiger partial charge >= 0.3 is 29.8 Å². The van der Waals surface area contributed by atoms with E-state index < -0.39 is 35.9 Å². The lowest BCUT2D eigenvalue weighted by Gasteiger charge is -2.08. The number of carboxylic acids is 5. The number of hydrogen-bond acceptors (Lipinski definition) is 7.